The fraction of sp³-hybridized carbons (Fsp3) is 0.333. The Morgan fingerprint density at radius 2 is 1.37 bits per heavy atom. The number of nitrogens with one attached hydrogen (secondary N) is 1. The van der Waals surface area contributed by atoms with Gasteiger partial charge in [0.25, 0.3) is 0 Å². The number of hydrogen-bond acceptors (Lipinski definition) is 1. The van der Waals surface area contributed by atoms with Gasteiger partial charge in [0, 0.05) is 12.7 Å². The van der Waals surface area contributed by atoms with Crippen molar-refractivity contribution in [3.05, 3.63) is 63.7 Å². The molecule has 100 valence electrons. The molecule has 1 nitrogen and oxygen atoms in total. The van der Waals surface area contributed by atoms with Crippen LogP contribution in [0.5, 0.6) is 0 Å². The lowest BCUT2D eigenvalue weighted by Gasteiger charge is -2.15. The van der Waals surface area contributed by atoms with Crippen molar-refractivity contribution < 1.29 is 0 Å². The predicted octanol–water partition coefficient (Wildman–Crippen LogP) is 4.55. The first-order valence-corrected chi connectivity index (χ1v) is 6.86. The van der Waals surface area contributed by atoms with Gasteiger partial charge < -0.3 is 5.32 Å². The van der Waals surface area contributed by atoms with Crippen molar-refractivity contribution in [3.63, 3.8) is 0 Å². The van der Waals surface area contributed by atoms with E-state index in [1.807, 2.05) is 7.05 Å². The molecule has 0 heterocycles. The third-order valence-corrected chi connectivity index (χ3v) is 4.14. The van der Waals surface area contributed by atoms with Gasteiger partial charge in [0.1, 0.15) is 0 Å². The summed E-state index contributed by atoms with van der Waals surface area (Å²) in [6, 6.07) is 11.0. The van der Waals surface area contributed by atoms with Crippen LogP contribution >= 0.6 is 0 Å². The Labute approximate surface area is 116 Å². The van der Waals surface area contributed by atoms with Crippen molar-refractivity contribution in [3.8, 4) is 0 Å². The minimum absolute atomic E-state index is 1.02. The second kappa shape index (κ2) is 5.48. The summed E-state index contributed by atoms with van der Waals surface area (Å²) in [4.78, 5) is 0. The summed E-state index contributed by atoms with van der Waals surface area (Å²) in [5.74, 6) is 0. The van der Waals surface area contributed by atoms with E-state index >= 15 is 0 Å². The van der Waals surface area contributed by atoms with Gasteiger partial charge in [0.15, 0.2) is 0 Å². The highest BCUT2D eigenvalue weighted by molar-refractivity contribution is 5.48. The van der Waals surface area contributed by atoms with E-state index in [9.17, 15) is 0 Å². The van der Waals surface area contributed by atoms with E-state index in [-0.39, 0.29) is 0 Å². The van der Waals surface area contributed by atoms with Crippen molar-refractivity contribution in [2.24, 2.45) is 0 Å². The first-order chi connectivity index (χ1) is 9.02. The van der Waals surface area contributed by atoms with E-state index in [4.69, 9.17) is 0 Å². The molecule has 2 aromatic rings. The molecule has 0 aliphatic carbocycles. The van der Waals surface area contributed by atoms with E-state index in [1.54, 1.807) is 0 Å². The van der Waals surface area contributed by atoms with E-state index in [0.29, 0.717) is 0 Å². The Morgan fingerprint density at radius 1 is 0.842 bits per heavy atom. The monoisotopic (exact) mass is 253 g/mol. The Kier molecular flexibility index (Phi) is 3.94. The largest absolute Gasteiger partial charge is 0.388 e. The average molecular weight is 253 g/mol. The Morgan fingerprint density at radius 3 is 1.84 bits per heavy atom. The molecule has 0 amide bonds. The molecule has 0 aliphatic heterocycles. The highest BCUT2D eigenvalue weighted by Crippen LogP contribution is 2.24. The number of hydrogen-bond donors (Lipinski definition) is 1. The lowest BCUT2D eigenvalue weighted by Crippen LogP contribution is -2.00. The lowest BCUT2D eigenvalue weighted by molar-refractivity contribution is 1.08. The Balaban J connectivity index is 2.37. The normalized spacial score (nSPS) is 10.6. The zero-order valence-electron chi connectivity index (χ0n) is 12.6. The Bertz CT molecular complexity index is 553. The zero-order chi connectivity index (χ0) is 14.0. The predicted molar refractivity (Wildman–Crippen MR) is 84.2 cm³/mol. The third kappa shape index (κ3) is 2.81. The van der Waals surface area contributed by atoms with Crippen LogP contribution in [0.1, 0.15) is 33.4 Å². The third-order valence-electron chi connectivity index (χ3n) is 4.14. The topological polar surface area (TPSA) is 12.0 Å². The number of anilines is 1. The molecule has 0 spiro atoms. The second-order valence-electron chi connectivity index (χ2n) is 5.36. The van der Waals surface area contributed by atoms with Gasteiger partial charge in [-0.15, -0.1) is 0 Å². The fourth-order valence-corrected chi connectivity index (χ4v) is 2.56. The van der Waals surface area contributed by atoms with Crippen LogP contribution in [0.2, 0.25) is 0 Å². The maximum absolute atomic E-state index is 3.16. The molecule has 0 saturated heterocycles. The fourth-order valence-electron chi connectivity index (χ4n) is 2.56. The first-order valence-electron chi connectivity index (χ1n) is 6.86. The van der Waals surface area contributed by atoms with Gasteiger partial charge in [-0.1, -0.05) is 18.2 Å². The molecule has 0 radical (unpaired) electrons. The van der Waals surface area contributed by atoms with Crippen molar-refractivity contribution in [1.82, 2.24) is 0 Å². The average Bonchev–Trinajstić information content (AvgIpc) is 2.42. The van der Waals surface area contributed by atoms with Crippen LogP contribution in [-0.2, 0) is 6.42 Å². The van der Waals surface area contributed by atoms with Crippen molar-refractivity contribution in [2.45, 2.75) is 34.1 Å². The molecule has 1 N–H and O–H groups in total. The van der Waals surface area contributed by atoms with Crippen molar-refractivity contribution in [2.75, 3.05) is 12.4 Å². The summed E-state index contributed by atoms with van der Waals surface area (Å²) in [5.41, 5.74) is 9.67. The second-order valence-corrected chi connectivity index (χ2v) is 5.36. The number of rotatable bonds is 3. The Hall–Kier alpha value is -1.76. The van der Waals surface area contributed by atoms with Gasteiger partial charge in [-0.2, -0.15) is 0 Å². The maximum atomic E-state index is 3.16. The molecule has 19 heavy (non-hydrogen) atoms. The summed E-state index contributed by atoms with van der Waals surface area (Å²) in [6.45, 7) is 8.88. The van der Waals surface area contributed by atoms with Crippen LogP contribution in [0.15, 0.2) is 30.3 Å². The van der Waals surface area contributed by atoms with Crippen molar-refractivity contribution in [1.29, 1.82) is 0 Å². The van der Waals surface area contributed by atoms with Gasteiger partial charge >= 0.3 is 0 Å². The van der Waals surface area contributed by atoms with Gasteiger partial charge in [0.2, 0.25) is 0 Å². The van der Waals surface area contributed by atoms with E-state index in [2.05, 4.69) is 63.3 Å². The van der Waals surface area contributed by atoms with Crippen molar-refractivity contribution >= 4 is 5.69 Å². The summed E-state index contributed by atoms with van der Waals surface area (Å²) < 4.78 is 0. The van der Waals surface area contributed by atoms with E-state index < -0.39 is 0 Å². The summed E-state index contributed by atoms with van der Waals surface area (Å²) in [6.07, 6.45) is 1.02. The number of aryl methyl sites for hydroxylation is 2. The van der Waals surface area contributed by atoms with Crippen LogP contribution in [0.25, 0.3) is 0 Å². The minimum atomic E-state index is 1.02. The maximum Gasteiger partial charge on any atom is 0.0337 e. The molecule has 0 atom stereocenters. The van der Waals surface area contributed by atoms with Crippen LogP contribution in [0.4, 0.5) is 5.69 Å². The highest BCUT2D eigenvalue weighted by atomic mass is 14.8. The van der Waals surface area contributed by atoms with Gasteiger partial charge in [-0.05, 0) is 79.6 Å². The molecular weight excluding hydrogens is 230 g/mol. The van der Waals surface area contributed by atoms with Gasteiger partial charge in [-0.25, -0.2) is 0 Å². The molecule has 2 aromatic carbocycles. The van der Waals surface area contributed by atoms with Crippen LogP contribution in [-0.4, -0.2) is 7.05 Å². The highest BCUT2D eigenvalue weighted by Gasteiger charge is 2.09. The van der Waals surface area contributed by atoms with Gasteiger partial charge in [-0.3, -0.25) is 0 Å². The quantitative estimate of drug-likeness (QED) is 0.846. The molecule has 0 saturated carbocycles. The molecule has 0 bridgehead atoms. The molecule has 2 rings (SSSR count). The summed E-state index contributed by atoms with van der Waals surface area (Å²) in [7, 11) is 1.95. The standard InChI is InChI=1S/C18H23N/c1-12-10-13(2)15(4)18(14(12)3)11-16-6-8-17(19-5)9-7-16/h6-10,19H,11H2,1-5H3. The lowest BCUT2D eigenvalue weighted by atomic mass is 9.90. The minimum Gasteiger partial charge on any atom is -0.388 e. The van der Waals surface area contributed by atoms with Gasteiger partial charge in [0.05, 0.1) is 0 Å². The number of benzene rings is 2. The summed E-state index contributed by atoms with van der Waals surface area (Å²) >= 11 is 0. The van der Waals surface area contributed by atoms with E-state index in [0.717, 1.165) is 12.1 Å². The first kappa shape index (κ1) is 13.7. The molecule has 0 fully saturated rings. The SMILES string of the molecule is CNc1ccc(Cc2c(C)c(C)cc(C)c2C)cc1. The zero-order valence-corrected chi connectivity index (χ0v) is 12.6. The smallest absolute Gasteiger partial charge is 0.0337 e. The molecule has 0 aromatic heterocycles. The van der Waals surface area contributed by atoms with Crippen LogP contribution < -0.4 is 5.32 Å². The van der Waals surface area contributed by atoms with Crippen LogP contribution in [0, 0.1) is 27.7 Å². The van der Waals surface area contributed by atoms with E-state index in [1.165, 1.54) is 33.4 Å². The van der Waals surface area contributed by atoms with Crippen LogP contribution in [0.3, 0.4) is 0 Å². The molecule has 0 aliphatic rings. The molecule has 0 unspecified atom stereocenters. The molecular formula is C18H23N. The molecule has 1 heteroatoms. The summed E-state index contributed by atoms with van der Waals surface area (Å²) in [5, 5.41) is 3.16.